The Morgan fingerprint density at radius 3 is 2.47 bits per heavy atom. The van der Waals surface area contributed by atoms with Gasteiger partial charge in [0.05, 0.1) is 27.6 Å². The van der Waals surface area contributed by atoms with Crippen molar-refractivity contribution in [1.29, 1.82) is 0 Å². The summed E-state index contributed by atoms with van der Waals surface area (Å²) in [4.78, 5) is 24.1. The van der Waals surface area contributed by atoms with Crippen LogP contribution < -0.4 is 20.2 Å². The summed E-state index contributed by atoms with van der Waals surface area (Å²) < 4.78 is 12.3. The van der Waals surface area contributed by atoms with Crippen molar-refractivity contribution >= 4 is 57.9 Å². The molecule has 2 amide bonds. The fourth-order valence-corrected chi connectivity index (χ4v) is 3.89. The number of hydrogen-bond donors (Lipinski definition) is 2. The molecule has 34 heavy (non-hydrogen) atoms. The molecule has 7 nitrogen and oxygen atoms in total. The first-order chi connectivity index (χ1) is 16.5. The van der Waals surface area contributed by atoms with Gasteiger partial charge in [0.25, 0.3) is 0 Å². The molecular formula is C25H23ClIN3O4. The van der Waals surface area contributed by atoms with E-state index in [0.717, 1.165) is 14.7 Å². The van der Waals surface area contributed by atoms with E-state index < -0.39 is 0 Å². The van der Waals surface area contributed by atoms with Crippen molar-refractivity contribution in [3.63, 3.8) is 0 Å². The molecule has 0 saturated heterocycles. The number of hydrazone groups is 1. The lowest BCUT2D eigenvalue weighted by molar-refractivity contribution is -0.124. The lowest BCUT2D eigenvalue weighted by Crippen LogP contribution is -2.20. The van der Waals surface area contributed by atoms with Crippen LogP contribution in [0.1, 0.15) is 24.0 Å². The summed E-state index contributed by atoms with van der Waals surface area (Å²) in [6.07, 6.45) is 1.50. The Balaban J connectivity index is 1.51. The Hall–Kier alpha value is -3.11. The molecule has 0 saturated carbocycles. The summed E-state index contributed by atoms with van der Waals surface area (Å²) in [5, 5.41) is 7.09. The van der Waals surface area contributed by atoms with E-state index in [9.17, 15) is 9.59 Å². The Morgan fingerprint density at radius 1 is 1.03 bits per heavy atom. The highest BCUT2D eigenvalue weighted by Crippen LogP contribution is 2.34. The monoisotopic (exact) mass is 591 g/mol. The van der Waals surface area contributed by atoms with Crippen LogP contribution in [0.2, 0.25) is 5.02 Å². The van der Waals surface area contributed by atoms with Gasteiger partial charge in [0.15, 0.2) is 11.5 Å². The number of amides is 2. The number of methoxy groups -OCH3 is 1. The SMILES string of the molecule is COc1cc(C=NNC(=O)CCC(=O)Nc2ccccc2Cl)cc(I)c1OCc1ccccc1. The van der Waals surface area contributed by atoms with Gasteiger partial charge in [0.2, 0.25) is 11.8 Å². The third-order valence-corrected chi connectivity index (χ3v) is 5.74. The molecule has 0 aromatic heterocycles. The molecular weight excluding hydrogens is 569 g/mol. The van der Waals surface area contributed by atoms with Crippen LogP contribution in [0.4, 0.5) is 5.69 Å². The Kier molecular flexibility index (Phi) is 9.72. The molecule has 9 heteroatoms. The second-order valence-corrected chi connectivity index (χ2v) is 8.70. The first-order valence-electron chi connectivity index (χ1n) is 10.4. The van der Waals surface area contributed by atoms with Crippen LogP contribution >= 0.6 is 34.2 Å². The second kappa shape index (κ2) is 13.0. The van der Waals surface area contributed by atoms with Gasteiger partial charge >= 0.3 is 0 Å². The molecule has 176 valence electrons. The van der Waals surface area contributed by atoms with Crippen LogP contribution in [0.5, 0.6) is 11.5 Å². The zero-order valence-electron chi connectivity index (χ0n) is 18.4. The van der Waals surface area contributed by atoms with Gasteiger partial charge in [-0.1, -0.05) is 54.1 Å². The minimum absolute atomic E-state index is 0.00570. The molecule has 0 radical (unpaired) electrons. The van der Waals surface area contributed by atoms with Crippen LogP contribution in [-0.4, -0.2) is 25.1 Å². The molecule has 0 heterocycles. The number of carbonyl (C=O) groups excluding carboxylic acids is 2. The van der Waals surface area contributed by atoms with Crippen LogP contribution in [-0.2, 0) is 16.2 Å². The number of carbonyl (C=O) groups is 2. The number of rotatable bonds is 10. The summed E-state index contributed by atoms with van der Waals surface area (Å²) in [7, 11) is 1.57. The number of hydrogen-bond acceptors (Lipinski definition) is 5. The van der Waals surface area contributed by atoms with Crippen molar-refractivity contribution in [2.45, 2.75) is 19.4 Å². The van der Waals surface area contributed by atoms with Gasteiger partial charge in [-0.2, -0.15) is 5.10 Å². The van der Waals surface area contributed by atoms with Gasteiger partial charge in [-0.05, 0) is 58.0 Å². The molecule has 0 aliphatic carbocycles. The molecule has 0 atom stereocenters. The molecule has 0 aliphatic rings. The zero-order chi connectivity index (χ0) is 24.3. The molecule has 2 N–H and O–H groups in total. The summed E-state index contributed by atoms with van der Waals surface area (Å²) in [6, 6.07) is 20.4. The topological polar surface area (TPSA) is 89.0 Å². The van der Waals surface area contributed by atoms with E-state index in [4.69, 9.17) is 21.1 Å². The number of nitrogens with zero attached hydrogens (tertiary/aromatic N) is 1. The average Bonchev–Trinajstić information content (AvgIpc) is 2.84. The second-order valence-electron chi connectivity index (χ2n) is 7.13. The minimum atomic E-state index is -0.380. The van der Waals surface area contributed by atoms with Crippen molar-refractivity contribution in [3.8, 4) is 11.5 Å². The van der Waals surface area contributed by atoms with Crippen molar-refractivity contribution in [3.05, 3.63) is 86.4 Å². The average molecular weight is 592 g/mol. The summed E-state index contributed by atoms with van der Waals surface area (Å²) in [6.45, 7) is 0.417. The van der Waals surface area contributed by atoms with E-state index in [0.29, 0.717) is 28.8 Å². The smallest absolute Gasteiger partial charge is 0.240 e. The van der Waals surface area contributed by atoms with Gasteiger partial charge < -0.3 is 14.8 Å². The van der Waals surface area contributed by atoms with Crippen LogP contribution in [0, 0.1) is 3.57 Å². The van der Waals surface area contributed by atoms with Gasteiger partial charge in [-0.25, -0.2) is 5.43 Å². The molecule has 0 bridgehead atoms. The normalized spacial score (nSPS) is 10.7. The predicted octanol–water partition coefficient (Wildman–Crippen LogP) is 5.40. The van der Waals surface area contributed by atoms with E-state index in [1.54, 1.807) is 37.4 Å². The highest BCUT2D eigenvalue weighted by Gasteiger charge is 2.12. The van der Waals surface area contributed by atoms with Gasteiger partial charge in [0, 0.05) is 12.8 Å². The minimum Gasteiger partial charge on any atom is -0.493 e. The van der Waals surface area contributed by atoms with Crippen molar-refractivity contribution < 1.29 is 19.1 Å². The van der Waals surface area contributed by atoms with Gasteiger partial charge in [-0.3, -0.25) is 9.59 Å². The summed E-state index contributed by atoms with van der Waals surface area (Å²) >= 11 is 8.18. The highest BCUT2D eigenvalue weighted by atomic mass is 127. The molecule has 0 unspecified atom stereocenters. The molecule has 3 aromatic carbocycles. The lowest BCUT2D eigenvalue weighted by Gasteiger charge is -2.13. The van der Waals surface area contributed by atoms with Crippen molar-refractivity contribution in [1.82, 2.24) is 5.43 Å². The number of halogens is 2. The molecule has 3 aromatic rings. The lowest BCUT2D eigenvalue weighted by atomic mass is 10.2. The zero-order valence-corrected chi connectivity index (χ0v) is 21.3. The maximum Gasteiger partial charge on any atom is 0.240 e. The Bertz CT molecular complexity index is 1170. The maximum atomic E-state index is 12.0. The standard InChI is InChI=1S/C25H23ClIN3O4/c1-33-22-14-18(13-20(27)25(22)34-16-17-7-3-2-4-8-17)15-28-30-24(32)12-11-23(31)29-21-10-6-5-9-19(21)26/h2-10,13-15H,11-12,16H2,1H3,(H,29,31)(H,30,32). The van der Waals surface area contributed by atoms with E-state index in [1.165, 1.54) is 6.21 Å². The van der Waals surface area contributed by atoms with E-state index in [1.807, 2.05) is 36.4 Å². The van der Waals surface area contributed by atoms with E-state index in [-0.39, 0.29) is 24.7 Å². The first-order valence-corrected chi connectivity index (χ1v) is 11.8. The van der Waals surface area contributed by atoms with Crippen LogP contribution in [0.15, 0.2) is 71.8 Å². The Morgan fingerprint density at radius 2 is 1.74 bits per heavy atom. The number of anilines is 1. The quantitative estimate of drug-likeness (QED) is 0.188. The molecule has 0 aliphatic heterocycles. The van der Waals surface area contributed by atoms with Gasteiger partial charge in [-0.15, -0.1) is 0 Å². The number of para-hydroxylation sites is 1. The van der Waals surface area contributed by atoms with Crippen molar-refractivity contribution in [2.24, 2.45) is 5.10 Å². The number of nitrogens with one attached hydrogen (secondary N) is 2. The fourth-order valence-electron chi connectivity index (χ4n) is 2.92. The highest BCUT2D eigenvalue weighted by molar-refractivity contribution is 14.1. The molecule has 0 fully saturated rings. The Labute approximate surface area is 216 Å². The first kappa shape index (κ1) is 25.5. The summed E-state index contributed by atoms with van der Waals surface area (Å²) in [5.74, 6) is 0.511. The van der Waals surface area contributed by atoms with E-state index in [2.05, 4.69) is 38.4 Å². The van der Waals surface area contributed by atoms with Crippen LogP contribution in [0.3, 0.4) is 0 Å². The number of benzene rings is 3. The van der Waals surface area contributed by atoms with Crippen molar-refractivity contribution in [2.75, 3.05) is 12.4 Å². The molecule has 3 rings (SSSR count). The predicted molar refractivity (Wildman–Crippen MR) is 142 cm³/mol. The fraction of sp³-hybridized carbons (Fsp3) is 0.160. The summed E-state index contributed by atoms with van der Waals surface area (Å²) in [5.41, 5.74) is 4.71. The van der Waals surface area contributed by atoms with Gasteiger partial charge in [0.1, 0.15) is 6.61 Å². The number of ether oxygens (including phenoxy) is 2. The third-order valence-electron chi connectivity index (χ3n) is 4.61. The van der Waals surface area contributed by atoms with E-state index >= 15 is 0 Å². The van der Waals surface area contributed by atoms with Crippen LogP contribution in [0.25, 0.3) is 0 Å². The maximum absolute atomic E-state index is 12.0. The molecule has 0 spiro atoms. The third kappa shape index (κ3) is 7.74. The largest absolute Gasteiger partial charge is 0.493 e.